The van der Waals surface area contributed by atoms with Gasteiger partial charge in [0.1, 0.15) is 0 Å². The van der Waals surface area contributed by atoms with Crippen LogP contribution in [0.15, 0.2) is 18.5 Å². The van der Waals surface area contributed by atoms with E-state index in [9.17, 15) is 4.79 Å². The minimum atomic E-state index is -0.507. The first-order chi connectivity index (χ1) is 6.20. The summed E-state index contributed by atoms with van der Waals surface area (Å²) in [6.45, 7) is 1.94. The Morgan fingerprint density at radius 2 is 2.38 bits per heavy atom. The molecule has 0 spiro atoms. The van der Waals surface area contributed by atoms with Crippen molar-refractivity contribution in [2.75, 3.05) is 0 Å². The van der Waals surface area contributed by atoms with E-state index in [-0.39, 0.29) is 0 Å². The zero-order chi connectivity index (χ0) is 9.42. The molecule has 0 atom stereocenters. The molecule has 2 rings (SSSR count). The van der Waals surface area contributed by atoms with Crippen LogP contribution in [-0.2, 0) is 0 Å². The second kappa shape index (κ2) is 2.58. The summed E-state index contributed by atoms with van der Waals surface area (Å²) >= 11 is 0. The van der Waals surface area contributed by atoms with E-state index in [0.717, 1.165) is 10.9 Å². The third-order valence-electron chi connectivity index (χ3n) is 2.03. The van der Waals surface area contributed by atoms with E-state index in [1.54, 1.807) is 12.4 Å². The molecule has 4 nitrogen and oxygen atoms in total. The maximum absolute atomic E-state index is 11.0. The summed E-state index contributed by atoms with van der Waals surface area (Å²) < 4.78 is 0. The molecule has 0 aliphatic heterocycles. The predicted molar refractivity (Wildman–Crippen MR) is 49.3 cm³/mol. The first-order valence-corrected chi connectivity index (χ1v) is 3.92. The monoisotopic (exact) mass is 175 g/mol. The number of carbonyl (C=O) groups is 1. The van der Waals surface area contributed by atoms with Crippen LogP contribution in [0.1, 0.15) is 16.1 Å². The third-order valence-corrected chi connectivity index (χ3v) is 2.03. The van der Waals surface area contributed by atoms with Crippen LogP contribution < -0.4 is 5.73 Å². The molecule has 13 heavy (non-hydrogen) atoms. The highest BCUT2D eigenvalue weighted by molar-refractivity contribution is 6.03. The van der Waals surface area contributed by atoms with E-state index >= 15 is 0 Å². The molecule has 2 aromatic heterocycles. The Bertz CT molecular complexity index is 473. The van der Waals surface area contributed by atoms with Crippen molar-refractivity contribution in [1.82, 2.24) is 9.97 Å². The molecule has 0 aliphatic rings. The number of pyridine rings is 1. The number of H-pyrrole nitrogens is 1. The first-order valence-electron chi connectivity index (χ1n) is 3.92. The summed E-state index contributed by atoms with van der Waals surface area (Å²) in [5.74, 6) is -0.507. The Balaban J connectivity index is 2.86. The van der Waals surface area contributed by atoms with Gasteiger partial charge in [-0.2, -0.15) is 0 Å². The summed E-state index contributed by atoms with van der Waals surface area (Å²) in [5.41, 5.74) is 7.21. The summed E-state index contributed by atoms with van der Waals surface area (Å²) in [6.07, 6.45) is 3.42. The average molecular weight is 175 g/mol. The van der Waals surface area contributed by atoms with Crippen molar-refractivity contribution in [2.24, 2.45) is 5.73 Å². The number of rotatable bonds is 1. The number of hydrogen-bond donors (Lipinski definition) is 2. The van der Waals surface area contributed by atoms with Crippen LogP contribution >= 0.6 is 0 Å². The Kier molecular flexibility index (Phi) is 1.55. The molecule has 0 unspecified atom stereocenters. The Morgan fingerprint density at radius 1 is 1.62 bits per heavy atom. The van der Waals surface area contributed by atoms with Gasteiger partial charge in [0.15, 0.2) is 5.69 Å². The standard InChI is InChI=1S/C9H9N3O/c1-5-4-12-8(9(10)13)7-6(5)2-3-11-7/h2-4,11H,1H3,(H2,10,13). The lowest BCUT2D eigenvalue weighted by molar-refractivity contribution is 0.0997. The van der Waals surface area contributed by atoms with Crippen molar-refractivity contribution in [3.63, 3.8) is 0 Å². The molecule has 1 amide bonds. The molecule has 66 valence electrons. The summed E-state index contributed by atoms with van der Waals surface area (Å²) in [4.78, 5) is 17.9. The molecule has 0 radical (unpaired) electrons. The lowest BCUT2D eigenvalue weighted by Gasteiger charge is -1.99. The second-order valence-electron chi connectivity index (χ2n) is 2.92. The molecule has 0 aliphatic carbocycles. The smallest absolute Gasteiger partial charge is 0.269 e. The molecule has 0 bridgehead atoms. The number of aromatic nitrogens is 2. The number of hydrogen-bond acceptors (Lipinski definition) is 2. The van der Waals surface area contributed by atoms with Gasteiger partial charge in [0.2, 0.25) is 0 Å². The normalized spacial score (nSPS) is 10.5. The van der Waals surface area contributed by atoms with Gasteiger partial charge < -0.3 is 10.7 Å². The first kappa shape index (κ1) is 7.79. The van der Waals surface area contributed by atoms with Gasteiger partial charge in [-0.15, -0.1) is 0 Å². The quantitative estimate of drug-likeness (QED) is 0.677. The minimum absolute atomic E-state index is 0.297. The van der Waals surface area contributed by atoms with Crippen molar-refractivity contribution >= 4 is 16.8 Å². The number of aromatic amines is 1. The van der Waals surface area contributed by atoms with Crippen molar-refractivity contribution < 1.29 is 4.79 Å². The van der Waals surface area contributed by atoms with Gasteiger partial charge in [-0.1, -0.05) is 0 Å². The van der Waals surface area contributed by atoms with Crippen LogP contribution in [-0.4, -0.2) is 15.9 Å². The van der Waals surface area contributed by atoms with Crippen molar-refractivity contribution in [3.8, 4) is 0 Å². The van der Waals surface area contributed by atoms with Crippen LogP contribution in [0.25, 0.3) is 10.9 Å². The van der Waals surface area contributed by atoms with Gasteiger partial charge in [0.05, 0.1) is 5.52 Å². The summed E-state index contributed by atoms with van der Waals surface area (Å²) in [6, 6.07) is 1.90. The maximum Gasteiger partial charge on any atom is 0.269 e. The average Bonchev–Trinajstić information content (AvgIpc) is 2.53. The number of fused-ring (bicyclic) bond motifs is 1. The van der Waals surface area contributed by atoms with Crippen LogP contribution in [0.5, 0.6) is 0 Å². The SMILES string of the molecule is Cc1cnc(C(N)=O)c2[nH]ccc12. The number of nitrogens with two attached hydrogens (primary N) is 1. The molecule has 2 aromatic rings. The fourth-order valence-corrected chi connectivity index (χ4v) is 1.38. The minimum Gasteiger partial charge on any atom is -0.364 e. The van der Waals surface area contributed by atoms with Crippen LogP contribution in [0, 0.1) is 6.92 Å². The van der Waals surface area contributed by atoms with Crippen LogP contribution in [0.3, 0.4) is 0 Å². The number of primary amides is 1. The molecule has 0 aromatic carbocycles. The molecular weight excluding hydrogens is 166 g/mol. The van der Waals surface area contributed by atoms with Gasteiger partial charge in [0, 0.05) is 17.8 Å². The number of carbonyl (C=O) groups excluding carboxylic acids is 1. The van der Waals surface area contributed by atoms with E-state index in [4.69, 9.17) is 5.73 Å². The lowest BCUT2D eigenvalue weighted by Crippen LogP contribution is -2.13. The summed E-state index contributed by atoms with van der Waals surface area (Å²) in [5, 5.41) is 0.990. The third kappa shape index (κ3) is 1.07. The van der Waals surface area contributed by atoms with Gasteiger partial charge >= 0.3 is 0 Å². The zero-order valence-corrected chi connectivity index (χ0v) is 7.16. The number of nitrogens with one attached hydrogen (secondary N) is 1. The van der Waals surface area contributed by atoms with Gasteiger partial charge in [0.25, 0.3) is 5.91 Å². The van der Waals surface area contributed by atoms with E-state index in [0.29, 0.717) is 11.2 Å². The zero-order valence-electron chi connectivity index (χ0n) is 7.16. The van der Waals surface area contributed by atoms with Crippen LogP contribution in [0.2, 0.25) is 0 Å². The van der Waals surface area contributed by atoms with Crippen LogP contribution in [0.4, 0.5) is 0 Å². The number of nitrogens with zero attached hydrogens (tertiary/aromatic N) is 1. The molecule has 4 heteroatoms. The molecule has 3 N–H and O–H groups in total. The predicted octanol–water partition coefficient (Wildman–Crippen LogP) is 0.970. The van der Waals surface area contributed by atoms with Gasteiger partial charge in [-0.25, -0.2) is 4.98 Å². The van der Waals surface area contributed by atoms with Crippen molar-refractivity contribution in [2.45, 2.75) is 6.92 Å². The fraction of sp³-hybridized carbons (Fsp3) is 0.111. The van der Waals surface area contributed by atoms with Crippen molar-refractivity contribution in [3.05, 3.63) is 29.7 Å². The number of amides is 1. The Hall–Kier alpha value is -1.84. The molecule has 0 saturated carbocycles. The fourth-order valence-electron chi connectivity index (χ4n) is 1.38. The largest absolute Gasteiger partial charge is 0.364 e. The molecule has 0 fully saturated rings. The molecule has 0 saturated heterocycles. The van der Waals surface area contributed by atoms with Gasteiger partial charge in [-0.3, -0.25) is 4.79 Å². The highest BCUT2D eigenvalue weighted by atomic mass is 16.1. The summed E-state index contributed by atoms with van der Waals surface area (Å²) in [7, 11) is 0. The number of aryl methyl sites for hydroxylation is 1. The highest BCUT2D eigenvalue weighted by Crippen LogP contribution is 2.18. The topological polar surface area (TPSA) is 71.8 Å². The Labute approximate surface area is 74.8 Å². The van der Waals surface area contributed by atoms with E-state index in [2.05, 4.69) is 9.97 Å². The molecular formula is C9H9N3O. The van der Waals surface area contributed by atoms with E-state index < -0.39 is 5.91 Å². The van der Waals surface area contributed by atoms with E-state index in [1.165, 1.54) is 0 Å². The van der Waals surface area contributed by atoms with Gasteiger partial charge in [-0.05, 0) is 18.6 Å². The Morgan fingerprint density at radius 3 is 3.08 bits per heavy atom. The molecule has 2 heterocycles. The van der Waals surface area contributed by atoms with Crippen molar-refractivity contribution in [1.29, 1.82) is 0 Å². The highest BCUT2D eigenvalue weighted by Gasteiger charge is 2.09. The second-order valence-corrected chi connectivity index (χ2v) is 2.92. The maximum atomic E-state index is 11.0. The lowest BCUT2D eigenvalue weighted by atomic mass is 10.2. The van der Waals surface area contributed by atoms with E-state index in [1.807, 2.05) is 13.0 Å².